The summed E-state index contributed by atoms with van der Waals surface area (Å²) in [6.07, 6.45) is 0.568. The molecule has 13 heavy (non-hydrogen) atoms. The van der Waals surface area contributed by atoms with E-state index in [2.05, 4.69) is 4.85 Å². The van der Waals surface area contributed by atoms with Crippen molar-refractivity contribution >= 4 is 0 Å². The molecule has 0 unspecified atom stereocenters. The molecule has 2 nitrogen and oxygen atoms in total. The number of nitriles is 1. The molecule has 0 aliphatic rings. The van der Waals surface area contributed by atoms with Gasteiger partial charge < -0.3 is 4.85 Å². The van der Waals surface area contributed by atoms with Crippen molar-refractivity contribution in [2.75, 3.05) is 6.54 Å². The van der Waals surface area contributed by atoms with Crippen LogP contribution < -0.4 is 0 Å². The number of hydrogen-bond acceptors (Lipinski definition) is 1. The smallest absolute Gasteiger partial charge is 0.218 e. The zero-order valence-electron chi connectivity index (χ0n) is 6.92. The highest BCUT2D eigenvalue weighted by molar-refractivity contribution is 5.34. The average Bonchev–Trinajstić information content (AvgIpc) is 2.16. The van der Waals surface area contributed by atoms with E-state index < -0.39 is 5.82 Å². The van der Waals surface area contributed by atoms with Crippen LogP contribution in [-0.2, 0) is 6.42 Å². The van der Waals surface area contributed by atoms with E-state index in [-0.39, 0.29) is 5.56 Å². The van der Waals surface area contributed by atoms with Crippen LogP contribution in [-0.4, -0.2) is 6.54 Å². The standard InChI is InChI=1S/C10H7FN2/c1-13-5-4-8-2-3-10(11)9(6-8)7-12/h2-3,6H,4-5H2. The van der Waals surface area contributed by atoms with Gasteiger partial charge in [0.25, 0.3) is 0 Å². The topological polar surface area (TPSA) is 28.1 Å². The Labute approximate surface area is 76.1 Å². The summed E-state index contributed by atoms with van der Waals surface area (Å²) >= 11 is 0. The lowest BCUT2D eigenvalue weighted by atomic mass is 10.1. The van der Waals surface area contributed by atoms with Gasteiger partial charge in [-0.1, -0.05) is 6.07 Å². The largest absolute Gasteiger partial charge is 0.317 e. The van der Waals surface area contributed by atoms with Gasteiger partial charge in [0.05, 0.1) is 5.56 Å². The summed E-state index contributed by atoms with van der Waals surface area (Å²) in [5.41, 5.74) is 0.872. The summed E-state index contributed by atoms with van der Waals surface area (Å²) in [5, 5.41) is 8.52. The van der Waals surface area contributed by atoms with Crippen LogP contribution >= 0.6 is 0 Å². The van der Waals surface area contributed by atoms with E-state index in [9.17, 15) is 4.39 Å². The van der Waals surface area contributed by atoms with Crippen LogP contribution in [0.15, 0.2) is 18.2 Å². The Morgan fingerprint density at radius 3 is 2.92 bits per heavy atom. The van der Waals surface area contributed by atoms with Gasteiger partial charge in [0.15, 0.2) is 0 Å². The molecular formula is C10H7FN2. The molecule has 0 radical (unpaired) electrons. The summed E-state index contributed by atoms with van der Waals surface area (Å²) in [4.78, 5) is 3.18. The van der Waals surface area contributed by atoms with E-state index in [1.807, 2.05) is 0 Å². The number of benzene rings is 1. The first-order valence-corrected chi connectivity index (χ1v) is 3.79. The number of rotatable bonds is 2. The summed E-state index contributed by atoms with van der Waals surface area (Å²) < 4.78 is 12.8. The second-order valence-corrected chi connectivity index (χ2v) is 2.56. The van der Waals surface area contributed by atoms with Crippen molar-refractivity contribution < 1.29 is 4.39 Å². The van der Waals surface area contributed by atoms with E-state index in [0.717, 1.165) is 5.56 Å². The quantitative estimate of drug-likeness (QED) is 0.631. The maximum absolute atomic E-state index is 12.8. The Hall–Kier alpha value is -1.87. The van der Waals surface area contributed by atoms with Crippen molar-refractivity contribution in [2.24, 2.45) is 0 Å². The van der Waals surface area contributed by atoms with Crippen LogP contribution in [0.3, 0.4) is 0 Å². The Bertz CT molecular complexity index is 385. The minimum absolute atomic E-state index is 0.0440. The Kier molecular flexibility index (Phi) is 3.00. The maximum Gasteiger partial charge on any atom is 0.218 e. The maximum atomic E-state index is 12.8. The SMILES string of the molecule is [C-]#[N+]CCc1ccc(F)c(C#N)c1. The molecule has 0 fully saturated rings. The molecule has 0 aliphatic heterocycles. The normalized spacial score (nSPS) is 8.85. The van der Waals surface area contributed by atoms with E-state index in [1.54, 1.807) is 12.1 Å². The van der Waals surface area contributed by atoms with Gasteiger partial charge in [-0.05, 0) is 17.7 Å². The van der Waals surface area contributed by atoms with Crippen LogP contribution in [0.2, 0.25) is 0 Å². The van der Waals surface area contributed by atoms with Crippen LogP contribution in [0.5, 0.6) is 0 Å². The first-order chi connectivity index (χ1) is 6.27. The molecule has 0 saturated heterocycles. The molecular weight excluding hydrogens is 167 g/mol. The van der Waals surface area contributed by atoms with Crippen LogP contribution in [0.4, 0.5) is 4.39 Å². The lowest BCUT2D eigenvalue weighted by molar-refractivity contribution is 0.623. The highest BCUT2D eigenvalue weighted by Gasteiger charge is 2.02. The average molecular weight is 174 g/mol. The number of halogens is 1. The van der Waals surface area contributed by atoms with Crippen molar-refractivity contribution in [1.82, 2.24) is 0 Å². The summed E-state index contributed by atoms with van der Waals surface area (Å²) in [6, 6.07) is 6.11. The molecule has 0 saturated carbocycles. The highest BCUT2D eigenvalue weighted by Crippen LogP contribution is 2.09. The molecule has 0 atom stereocenters. The molecule has 1 aromatic rings. The molecule has 0 bridgehead atoms. The summed E-state index contributed by atoms with van der Waals surface area (Å²) in [5.74, 6) is -0.505. The predicted octanol–water partition coefficient (Wildman–Crippen LogP) is 2.16. The second kappa shape index (κ2) is 4.23. The van der Waals surface area contributed by atoms with Gasteiger partial charge in [0.2, 0.25) is 6.54 Å². The van der Waals surface area contributed by atoms with Gasteiger partial charge in [-0.15, -0.1) is 0 Å². The molecule has 0 amide bonds. The van der Waals surface area contributed by atoms with Crippen LogP contribution in [0, 0.1) is 23.7 Å². The van der Waals surface area contributed by atoms with Crippen molar-refractivity contribution in [3.05, 3.63) is 46.6 Å². The van der Waals surface area contributed by atoms with Gasteiger partial charge in [-0.25, -0.2) is 11.0 Å². The zero-order valence-corrected chi connectivity index (χ0v) is 6.92. The second-order valence-electron chi connectivity index (χ2n) is 2.56. The minimum Gasteiger partial charge on any atom is -0.317 e. The van der Waals surface area contributed by atoms with Crippen molar-refractivity contribution in [1.29, 1.82) is 5.26 Å². The van der Waals surface area contributed by atoms with Gasteiger partial charge in [-0.2, -0.15) is 5.26 Å². The van der Waals surface area contributed by atoms with Gasteiger partial charge in [0.1, 0.15) is 11.9 Å². The highest BCUT2D eigenvalue weighted by atomic mass is 19.1. The van der Waals surface area contributed by atoms with E-state index in [4.69, 9.17) is 11.8 Å². The molecule has 64 valence electrons. The molecule has 0 heterocycles. The first kappa shape index (κ1) is 9.22. The zero-order chi connectivity index (χ0) is 9.68. The Morgan fingerprint density at radius 2 is 2.31 bits per heavy atom. The lowest BCUT2D eigenvalue weighted by Crippen LogP contribution is -1.91. The van der Waals surface area contributed by atoms with E-state index >= 15 is 0 Å². The first-order valence-electron chi connectivity index (χ1n) is 3.79. The Morgan fingerprint density at radius 1 is 1.54 bits per heavy atom. The third kappa shape index (κ3) is 2.28. The third-order valence-electron chi connectivity index (χ3n) is 1.66. The van der Waals surface area contributed by atoms with Crippen molar-refractivity contribution in [2.45, 2.75) is 6.42 Å². The molecule has 0 aliphatic carbocycles. The van der Waals surface area contributed by atoms with Crippen LogP contribution in [0.25, 0.3) is 4.85 Å². The Balaban J connectivity index is 2.89. The number of hydrogen-bond donors (Lipinski definition) is 0. The van der Waals surface area contributed by atoms with Crippen molar-refractivity contribution in [3.63, 3.8) is 0 Å². The van der Waals surface area contributed by atoms with E-state index in [0.29, 0.717) is 13.0 Å². The minimum atomic E-state index is -0.505. The van der Waals surface area contributed by atoms with Crippen LogP contribution in [0.1, 0.15) is 11.1 Å². The molecule has 0 spiro atoms. The number of nitrogens with zero attached hydrogens (tertiary/aromatic N) is 2. The molecule has 1 aromatic carbocycles. The van der Waals surface area contributed by atoms with E-state index in [1.165, 1.54) is 12.1 Å². The monoisotopic (exact) mass is 174 g/mol. The molecule has 0 aromatic heterocycles. The molecule has 0 N–H and O–H groups in total. The molecule has 3 heteroatoms. The summed E-state index contributed by atoms with van der Waals surface area (Å²) in [7, 11) is 0. The van der Waals surface area contributed by atoms with Gasteiger partial charge in [0, 0.05) is 6.42 Å². The van der Waals surface area contributed by atoms with Crippen molar-refractivity contribution in [3.8, 4) is 6.07 Å². The van der Waals surface area contributed by atoms with Gasteiger partial charge in [-0.3, -0.25) is 0 Å². The van der Waals surface area contributed by atoms with Gasteiger partial charge >= 0.3 is 0 Å². The fraction of sp³-hybridized carbons (Fsp3) is 0.200. The fourth-order valence-corrected chi connectivity index (χ4v) is 0.999. The summed E-state index contributed by atoms with van der Waals surface area (Å²) in [6.45, 7) is 6.95. The fourth-order valence-electron chi connectivity index (χ4n) is 0.999. The predicted molar refractivity (Wildman–Crippen MR) is 46.3 cm³/mol. The third-order valence-corrected chi connectivity index (χ3v) is 1.66. The molecule has 1 rings (SSSR count). The lowest BCUT2D eigenvalue weighted by Gasteiger charge is -1.97.